The summed E-state index contributed by atoms with van der Waals surface area (Å²) in [5.74, 6) is 0.854. The van der Waals surface area contributed by atoms with Gasteiger partial charge in [-0.05, 0) is 30.1 Å². The molecule has 0 spiro atoms. The lowest BCUT2D eigenvalue weighted by Gasteiger charge is -2.32. The Bertz CT molecular complexity index is 136. The highest BCUT2D eigenvalue weighted by atomic mass is 16.3. The highest BCUT2D eigenvalue weighted by Gasteiger charge is 2.43. The summed E-state index contributed by atoms with van der Waals surface area (Å²) in [4.78, 5) is 0. The molecule has 2 N–H and O–H groups in total. The van der Waals surface area contributed by atoms with E-state index < -0.39 is 0 Å². The Morgan fingerprint density at radius 1 is 1.36 bits per heavy atom. The summed E-state index contributed by atoms with van der Waals surface area (Å²) in [6, 6.07) is 0. The molecule has 0 unspecified atom stereocenters. The maximum Gasteiger partial charge on any atom is 0.0490 e. The number of aliphatic hydroxyl groups is 2. The molecule has 2 heteroatoms. The fourth-order valence-corrected chi connectivity index (χ4v) is 2.10. The summed E-state index contributed by atoms with van der Waals surface area (Å²) in [5.41, 5.74) is -0.0330. The number of rotatable bonds is 2. The maximum absolute atomic E-state index is 9.19. The molecule has 2 nitrogen and oxygen atoms in total. The first kappa shape index (κ1) is 9.01. The minimum atomic E-state index is -0.0330. The first-order valence-electron chi connectivity index (χ1n) is 4.37. The van der Waals surface area contributed by atoms with Crippen LogP contribution < -0.4 is 0 Å². The molecule has 1 aliphatic rings. The zero-order valence-electron chi connectivity index (χ0n) is 7.38. The first-order chi connectivity index (χ1) is 5.15. The lowest BCUT2D eigenvalue weighted by molar-refractivity contribution is 0.0382. The second-order valence-electron chi connectivity index (χ2n) is 4.02. The van der Waals surface area contributed by atoms with Gasteiger partial charge in [0.2, 0.25) is 0 Å². The van der Waals surface area contributed by atoms with Gasteiger partial charge in [-0.15, -0.1) is 0 Å². The average molecular weight is 158 g/mol. The molecule has 3 atom stereocenters. The molecule has 0 saturated heterocycles. The van der Waals surface area contributed by atoms with E-state index in [1.165, 1.54) is 0 Å². The Hall–Kier alpha value is -0.0800. The Labute approximate surface area is 68.2 Å². The van der Waals surface area contributed by atoms with Crippen LogP contribution in [-0.2, 0) is 0 Å². The van der Waals surface area contributed by atoms with Gasteiger partial charge in [-0.3, -0.25) is 0 Å². The van der Waals surface area contributed by atoms with Crippen LogP contribution in [0.25, 0.3) is 0 Å². The van der Waals surface area contributed by atoms with Crippen LogP contribution in [0.4, 0.5) is 0 Å². The van der Waals surface area contributed by atoms with E-state index in [9.17, 15) is 5.11 Å². The molecule has 0 aromatic rings. The van der Waals surface area contributed by atoms with Gasteiger partial charge in [0, 0.05) is 13.2 Å². The van der Waals surface area contributed by atoms with Crippen LogP contribution in [0.2, 0.25) is 0 Å². The van der Waals surface area contributed by atoms with E-state index in [1.807, 2.05) is 0 Å². The summed E-state index contributed by atoms with van der Waals surface area (Å²) in [6.07, 6.45) is 2.21. The zero-order valence-corrected chi connectivity index (χ0v) is 7.38. The topological polar surface area (TPSA) is 40.5 Å². The highest BCUT2D eigenvalue weighted by molar-refractivity contribution is 4.92. The first-order valence-corrected chi connectivity index (χ1v) is 4.37. The van der Waals surface area contributed by atoms with Crippen molar-refractivity contribution in [1.82, 2.24) is 0 Å². The molecule has 0 bridgehead atoms. The molecule has 66 valence electrons. The summed E-state index contributed by atoms with van der Waals surface area (Å²) in [6.45, 7) is 4.66. The van der Waals surface area contributed by atoms with Crippen LogP contribution in [0.1, 0.15) is 26.7 Å². The molecule has 1 saturated carbocycles. The van der Waals surface area contributed by atoms with Gasteiger partial charge in [-0.1, -0.05) is 13.8 Å². The molecule has 11 heavy (non-hydrogen) atoms. The largest absolute Gasteiger partial charge is 0.396 e. The molecule has 1 fully saturated rings. The molecule has 0 aliphatic heterocycles. The normalized spacial score (nSPS) is 44.7. The molecular weight excluding hydrogens is 140 g/mol. The minimum Gasteiger partial charge on any atom is -0.396 e. The third kappa shape index (κ3) is 1.30. The third-order valence-electron chi connectivity index (χ3n) is 3.57. The van der Waals surface area contributed by atoms with Crippen molar-refractivity contribution in [1.29, 1.82) is 0 Å². The van der Waals surface area contributed by atoms with E-state index in [-0.39, 0.29) is 18.6 Å². The summed E-state index contributed by atoms with van der Waals surface area (Å²) in [5, 5.41) is 18.2. The van der Waals surface area contributed by atoms with Gasteiger partial charge in [0.05, 0.1) is 0 Å². The summed E-state index contributed by atoms with van der Waals surface area (Å²) < 4.78 is 0. The molecule has 0 radical (unpaired) electrons. The predicted octanol–water partition coefficient (Wildman–Crippen LogP) is 1.02. The SMILES string of the molecule is C[C@H]1CC[C@H](CO)[C@]1(C)CO. The van der Waals surface area contributed by atoms with Crippen molar-refractivity contribution >= 4 is 0 Å². The van der Waals surface area contributed by atoms with Gasteiger partial charge < -0.3 is 10.2 Å². The number of hydrogen-bond acceptors (Lipinski definition) is 2. The lowest BCUT2D eigenvalue weighted by atomic mass is 9.75. The molecule has 0 aromatic heterocycles. The van der Waals surface area contributed by atoms with Crippen LogP contribution >= 0.6 is 0 Å². The van der Waals surface area contributed by atoms with Gasteiger partial charge in [0.15, 0.2) is 0 Å². The number of hydrogen-bond donors (Lipinski definition) is 2. The van der Waals surface area contributed by atoms with Gasteiger partial charge >= 0.3 is 0 Å². The average Bonchev–Trinajstić information content (AvgIpc) is 2.30. The van der Waals surface area contributed by atoms with Gasteiger partial charge in [0.1, 0.15) is 0 Å². The van der Waals surface area contributed by atoms with E-state index in [4.69, 9.17) is 5.11 Å². The third-order valence-corrected chi connectivity index (χ3v) is 3.57. The molecule has 0 aromatic carbocycles. The lowest BCUT2D eigenvalue weighted by Crippen LogP contribution is -2.33. The van der Waals surface area contributed by atoms with Crippen LogP contribution in [0.3, 0.4) is 0 Å². The quantitative estimate of drug-likeness (QED) is 0.630. The standard InChI is InChI=1S/C9H18O2/c1-7-3-4-8(5-10)9(7,2)6-11/h7-8,10-11H,3-6H2,1-2H3/t7-,8+,9+/m0/s1. The Morgan fingerprint density at radius 2 is 2.00 bits per heavy atom. The van der Waals surface area contributed by atoms with E-state index in [0.29, 0.717) is 11.8 Å². The second kappa shape index (κ2) is 3.11. The minimum absolute atomic E-state index is 0.0330. The molecule has 0 heterocycles. The Balaban J connectivity index is 2.70. The van der Waals surface area contributed by atoms with Crippen molar-refractivity contribution in [2.24, 2.45) is 17.3 Å². The smallest absolute Gasteiger partial charge is 0.0490 e. The highest BCUT2D eigenvalue weighted by Crippen LogP contribution is 2.46. The van der Waals surface area contributed by atoms with Crippen molar-refractivity contribution < 1.29 is 10.2 Å². The maximum atomic E-state index is 9.19. The predicted molar refractivity (Wildman–Crippen MR) is 44.2 cm³/mol. The fourth-order valence-electron chi connectivity index (χ4n) is 2.10. The molecular formula is C9H18O2. The van der Waals surface area contributed by atoms with Crippen molar-refractivity contribution in [3.63, 3.8) is 0 Å². The molecule has 1 rings (SSSR count). The van der Waals surface area contributed by atoms with Gasteiger partial charge in [0.25, 0.3) is 0 Å². The van der Waals surface area contributed by atoms with E-state index in [2.05, 4.69) is 13.8 Å². The second-order valence-corrected chi connectivity index (χ2v) is 4.02. The van der Waals surface area contributed by atoms with Crippen LogP contribution in [-0.4, -0.2) is 23.4 Å². The van der Waals surface area contributed by atoms with E-state index in [1.54, 1.807) is 0 Å². The van der Waals surface area contributed by atoms with Gasteiger partial charge in [-0.25, -0.2) is 0 Å². The van der Waals surface area contributed by atoms with Crippen molar-refractivity contribution in [3.8, 4) is 0 Å². The van der Waals surface area contributed by atoms with Crippen LogP contribution in [0, 0.1) is 17.3 Å². The van der Waals surface area contributed by atoms with Crippen LogP contribution in [0.15, 0.2) is 0 Å². The fraction of sp³-hybridized carbons (Fsp3) is 1.00. The number of aliphatic hydroxyl groups excluding tert-OH is 2. The Morgan fingerprint density at radius 3 is 2.36 bits per heavy atom. The molecule has 0 amide bonds. The monoisotopic (exact) mass is 158 g/mol. The van der Waals surface area contributed by atoms with E-state index >= 15 is 0 Å². The van der Waals surface area contributed by atoms with Crippen LogP contribution in [0.5, 0.6) is 0 Å². The van der Waals surface area contributed by atoms with Gasteiger partial charge in [-0.2, -0.15) is 0 Å². The van der Waals surface area contributed by atoms with Crippen molar-refractivity contribution in [3.05, 3.63) is 0 Å². The van der Waals surface area contributed by atoms with Crippen molar-refractivity contribution in [2.45, 2.75) is 26.7 Å². The summed E-state index contributed by atoms with van der Waals surface area (Å²) >= 11 is 0. The summed E-state index contributed by atoms with van der Waals surface area (Å²) in [7, 11) is 0. The Kier molecular flexibility index (Phi) is 2.55. The zero-order chi connectivity index (χ0) is 8.48. The van der Waals surface area contributed by atoms with Crippen molar-refractivity contribution in [2.75, 3.05) is 13.2 Å². The van der Waals surface area contributed by atoms with E-state index in [0.717, 1.165) is 12.8 Å². The molecule has 1 aliphatic carbocycles.